The van der Waals surface area contributed by atoms with E-state index < -0.39 is 18.4 Å². The summed E-state index contributed by atoms with van der Waals surface area (Å²) in [6, 6.07) is 0. The van der Waals surface area contributed by atoms with Gasteiger partial charge in [-0.15, -0.1) is 0 Å². The number of esters is 1. The fourth-order valence-electron chi connectivity index (χ4n) is 7.89. The second kappa shape index (κ2) is 6.35. The second-order valence-corrected chi connectivity index (χ2v) is 10.4. The minimum absolute atomic E-state index is 0.0326. The molecule has 4 aliphatic carbocycles. The Morgan fingerprint density at radius 2 is 1.96 bits per heavy atom. The van der Waals surface area contributed by atoms with E-state index in [2.05, 4.69) is 26.8 Å². The fraction of sp³-hybridized carbons (Fsp3) is 0.826. The molecule has 0 radical (unpaired) electrons. The minimum atomic E-state index is -1.11. The van der Waals surface area contributed by atoms with Crippen LogP contribution in [0.5, 0.6) is 0 Å². The molecule has 1 spiro atoms. The molecule has 0 aromatic carbocycles. The summed E-state index contributed by atoms with van der Waals surface area (Å²) in [4.78, 5) is 22.6. The van der Waals surface area contributed by atoms with Gasteiger partial charge in [0, 0.05) is 5.41 Å². The number of fused-ring (bicyclic) bond motifs is 2. The van der Waals surface area contributed by atoms with Crippen molar-refractivity contribution in [2.75, 3.05) is 6.61 Å². The van der Waals surface area contributed by atoms with Crippen molar-refractivity contribution >= 4 is 11.9 Å². The van der Waals surface area contributed by atoms with Crippen molar-refractivity contribution < 1.29 is 19.4 Å². The highest BCUT2D eigenvalue weighted by molar-refractivity contribution is 5.90. The van der Waals surface area contributed by atoms with Crippen LogP contribution in [0.1, 0.15) is 78.6 Å². The van der Waals surface area contributed by atoms with Gasteiger partial charge in [0.2, 0.25) is 0 Å². The number of carbonyl (C=O) groups excluding carboxylic acids is 1. The summed E-state index contributed by atoms with van der Waals surface area (Å²) in [5.74, 6) is 0.338. The van der Waals surface area contributed by atoms with Gasteiger partial charge in [0.25, 0.3) is 0 Å². The summed E-state index contributed by atoms with van der Waals surface area (Å²) in [7, 11) is 0. The Balaban J connectivity index is 1.59. The number of hydrogen-bond donors (Lipinski definition) is 1. The first-order chi connectivity index (χ1) is 12.7. The van der Waals surface area contributed by atoms with E-state index in [0.29, 0.717) is 23.4 Å². The zero-order valence-corrected chi connectivity index (χ0v) is 17.1. The van der Waals surface area contributed by atoms with Crippen molar-refractivity contribution in [1.29, 1.82) is 0 Å². The summed E-state index contributed by atoms with van der Waals surface area (Å²) in [5, 5.41) is 8.83. The Morgan fingerprint density at radius 3 is 2.70 bits per heavy atom. The predicted octanol–water partition coefficient (Wildman–Crippen LogP) is 4.97. The predicted molar refractivity (Wildman–Crippen MR) is 103 cm³/mol. The van der Waals surface area contributed by atoms with Crippen molar-refractivity contribution in [1.82, 2.24) is 0 Å². The van der Waals surface area contributed by atoms with Crippen LogP contribution in [0.25, 0.3) is 0 Å². The highest BCUT2D eigenvalue weighted by atomic mass is 16.5. The molecular weight excluding hydrogens is 340 g/mol. The third kappa shape index (κ3) is 2.77. The van der Waals surface area contributed by atoms with Gasteiger partial charge in [-0.2, -0.15) is 0 Å². The first-order valence-electron chi connectivity index (χ1n) is 10.8. The Kier molecular flexibility index (Phi) is 4.47. The standard InChI is InChI=1S/C23H34O4/c1-15-11-17-5-6-18-21(2,14-27-20(26)12-19(24)25)8-4-9-22(18,3)23(17)10-7-16(15)13-23/h11,16-18H,4-10,12-14H2,1-3H3,(H,24,25)/t16-,17+,18-,21-,22+,23-/m0/s1. The number of ether oxygens (including phenoxy) is 1. The molecule has 3 fully saturated rings. The van der Waals surface area contributed by atoms with Gasteiger partial charge in [-0.3, -0.25) is 9.59 Å². The van der Waals surface area contributed by atoms with Crippen molar-refractivity contribution in [2.24, 2.45) is 34.0 Å². The lowest BCUT2D eigenvalue weighted by atomic mass is 9.39. The normalized spacial score (nSPS) is 45.4. The van der Waals surface area contributed by atoms with Gasteiger partial charge in [0.05, 0.1) is 6.61 Å². The molecule has 150 valence electrons. The summed E-state index contributed by atoms with van der Waals surface area (Å²) < 4.78 is 5.49. The number of rotatable bonds is 4. The molecule has 4 rings (SSSR count). The van der Waals surface area contributed by atoms with Crippen LogP contribution in [0.3, 0.4) is 0 Å². The van der Waals surface area contributed by atoms with Crippen molar-refractivity contribution in [3.05, 3.63) is 11.6 Å². The molecular formula is C23H34O4. The number of allylic oxidation sites excluding steroid dienone is 2. The highest BCUT2D eigenvalue weighted by Gasteiger charge is 2.65. The molecule has 0 aliphatic heterocycles. The molecule has 4 heteroatoms. The maximum absolute atomic E-state index is 11.9. The van der Waals surface area contributed by atoms with Crippen molar-refractivity contribution in [3.63, 3.8) is 0 Å². The monoisotopic (exact) mass is 374 g/mol. The molecule has 6 atom stereocenters. The number of hydrogen-bond acceptors (Lipinski definition) is 3. The van der Waals surface area contributed by atoms with Crippen LogP contribution in [0.2, 0.25) is 0 Å². The lowest BCUT2D eigenvalue weighted by Gasteiger charge is -2.65. The third-order valence-electron chi connectivity index (χ3n) is 9.18. The lowest BCUT2D eigenvalue weighted by Crippen LogP contribution is -2.59. The van der Waals surface area contributed by atoms with E-state index in [1.807, 2.05) is 0 Å². The van der Waals surface area contributed by atoms with E-state index in [4.69, 9.17) is 9.84 Å². The van der Waals surface area contributed by atoms with Crippen LogP contribution >= 0.6 is 0 Å². The van der Waals surface area contributed by atoms with Crippen LogP contribution < -0.4 is 0 Å². The smallest absolute Gasteiger partial charge is 0.317 e. The van der Waals surface area contributed by atoms with Gasteiger partial charge < -0.3 is 9.84 Å². The van der Waals surface area contributed by atoms with Crippen molar-refractivity contribution in [3.8, 4) is 0 Å². The molecule has 4 aliphatic rings. The Bertz CT molecular complexity index is 682. The average molecular weight is 375 g/mol. The van der Waals surface area contributed by atoms with Crippen LogP contribution in [0.4, 0.5) is 0 Å². The summed E-state index contributed by atoms with van der Waals surface area (Å²) in [6.45, 7) is 7.53. The fourth-order valence-corrected chi connectivity index (χ4v) is 7.89. The molecule has 0 amide bonds. The number of carbonyl (C=O) groups is 2. The topological polar surface area (TPSA) is 63.6 Å². The maximum Gasteiger partial charge on any atom is 0.317 e. The Labute approximate surface area is 162 Å². The first-order valence-corrected chi connectivity index (χ1v) is 10.8. The van der Waals surface area contributed by atoms with Gasteiger partial charge in [-0.1, -0.05) is 31.9 Å². The number of carboxylic acid groups (broad SMARTS) is 1. The van der Waals surface area contributed by atoms with Gasteiger partial charge in [-0.25, -0.2) is 0 Å². The zero-order valence-electron chi connectivity index (χ0n) is 17.1. The van der Waals surface area contributed by atoms with E-state index in [-0.39, 0.29) is 5.41 Å². The van der Waals surface area contributed by atoms with Crippen molar-refractivity contribution in [2.45, 2.75) is 78.6 Å². The zero-order chi connectivity index (χ0) is 19.4. The van der Waals surface area contributed by atoms with E-state index >= 15 is 0 Å². The highest BCUT2D eigenvalue weighted by Crippen LogP contribution is 2.73. The largest absolute Gasteiger partial charge is 0.481 e. The Hall–Kier alpha value is -1.32. The molecule has 27 heavy (non-hydrogen) atoms. The summed E-state index contributed by atoms with van der Waals surface area (Å²) in [6.07, 6.45) is 12.1. The molecule has 3 saturated carbocycles. The molecule has 0 aromatic rings. The maximum atomic E-state index is 11.9. The van der Waals surface area contributed by atoms with E-state index in [1.165, 1.54) is 44.9 Å². The molecule has 0 unspecified atom stereocenters. The minimum Gasteiger partial charge on any atom is -0.481 e. The quantitative estimate of drug-likeness (QED) is 0.428. The third-order valence-corrected chi connectivity index (χ3v) is 9.18. The van der Waals surface area contributed by atoms with Gasteiger partial charge in [-0.05, 0) is 80.5 Å². The van der Waals surface area contributed by atoms with E-state index in [1.54, 1.807) is 5.57 Å². The van der Waals surface area contributed by atoms with Gasteiger partial charge >= 0.3 is 11.9 Å². The molecule has 1 N–H and O–H groups in total. The van der Waals surface area contributed by atoms with Gasteiger partial charge in [0.15, 0.2) is 0 Å². The van der Waals surface area contributed by atoms with Crippen LogP contribution in [-0.4, -0.2) is 23.7 Å². The SMILES string of the molecule is CC1=C[C@H]2CC[C@H]3[C@](C)(COC(=O)CC(=O)O)CCC[C@@]3(C)[C@]23CC[C@H]1C3. The van der Waals surface area contributed by atoms with Crippen LogP contribution in [0.15, 0.2) is 11.6 Å². The summed E-state index contributed by atoms with van der Waals surface area (Å²) in [5.41, 5.74) is 2.31. The van der Waals surface area contributed by atoms with Crippen LogP contribution in [0, 0.1) is 34.0 Å². The van der Waals surface area contributed by atoms with E-state index in [0.717, 1.165) is 18.3 Å². The van der Waals surface area contributed by atoms with Gasteiger partial charge in [0.1, 0.15) is 6.42 Å². The summed E-state index contributed by atoms with van der Waals surface area (Å²) >= 11 is 0. The number of aliphatic carboxylic acids is 1. The average Bonchev–Trinajstić information content (AvgIpc) is 2.98. The molecule has 0 heterocycles. The molecule has 2 bridgehead atoms. The Morgan fingerprint density at radius 1 is 1.19 bits per heavy atom. The molecule has 0 saturated heterocycles. The molecule has 0 aromatic heterocycles. The van der Waals surface area contributed by atoms with Crippen LogP contribution in [-0.2, 0) is 14.3 Å². The number of carboxylic acids is 1. The first kappa shape index (κ1) is 19.0. The second-order valence-electron chi connectivity index (χ2n) is 10.4. The molecule has 4 nitrogen and oxygen atoms in total. The van der Waals surface area contributed by atoms with E-state index in [9.17, 15) is 9.59 Å². The lowest BCUT2D eigenvalue weighted by molar-refractivity contribution is -0.178.